The second kappa shape index (κ2) is 9.74. The zero-order chi connectivity index (χ0) is 22.5. The smallest absolute Gasteiger partial charge is 0.256 e. The normalized spacial score (nSPS) is 11.8. The molecular formula is C27H23ClN2O2. The van der Waals surface area contributed by atoms with E-state index in [1.165, 1.54) is 0 Å². The molecule has 5 heteroatoms. The van der Waals surface area contributed by atoms with Gasteiger partial charge >= 0.3 is 0 Å². The Hall–Kier alpha value is -3.52. The zero-order valence-electron chi connectivity index (χ0n) is 17.7. The second-order valence-electron chi connectivity index (χ2n) is 7.47. The number of methoxy groups -OCH3 is 1. The van der Waals surface area contributed by atoms with Crippen molar-refractivity contribution in [1.82, 2.24) is 9.88 Å². The van der Waals surface area contributed by atoms with Gasteiger partial charge in [-0.05, 0) is 46.8 Å². The van der Waals surface area contributed by atoms with E-state index in [1.807, 2.05) is 66.7 Å². The third-order valence-corrected chi connectivity index (χ3v) is 5.71. The number of halogens is 1. The van der Waals surface area contributed by atoms with Crippen molar-refractivity contribution >= 4 is 22.5 Å². The first-order valence-corrected chi connectivity index (χ1v) is 10.7. The monoisotopic (exact) mass is 442 g/mol. The summed E-state index contributed by atoms with van der Waals surface area (Å²) in [4.78, 5) is 13.3. The van der Waals surface area contributed by atoms with Crippen molar-refractivity contribution in [2.75, 3.05) is 7.11 Å². The lowest BCUT2D eigenvalue weighted by atomic mass is 9.98. The van der Waals surface area contributed by atoms with E-state index in [2.05, 4.69) is 23.4 Å². The molecule has 1 aromatic heterocycles. The molecule has 3 aromatic carbocycles. The van der Waals surface area contributed by atoms with E-state index in [4.69, 9.17) is 22.8 Å². The molecule has 1 atom stereocenters. The van der Waals surface area contributed by atoms with Crippen LogP contribution < -0.4 is 15.6 Å². The molecule has 1 N–H and O–H groups in total. The number of aromatic nitrogens is 1. The van der Waals surface area contributed by atoms with Crippen LogP contribution in [0.3, 0.4) is 0 Å². The van der Waals surface area contributed by atoms with Crippen molar-refractivity contribution in [2.45, 2.75) is 19.1 Å². The third-order valence-electron chi connectivity index (χ3n) is 5.46. The van der Waals surface area contributed by atoms with Gasteiger partial charge in [0.2, 0.25) is 0 Å². The Morgan fingerprint density at radius 2 is 1.75 bits per heavy atom. The molecule has 0 saturated heterocycles. The predicted octanol–water partition coefficient (Wildman–Crippen LogP) is 5.18. The van der Waals surface area contributed by atoms with E-state index in [9.17, 15) is 4.79 Å². The first kappa shape index (κ1) is 21.7. The quantitative estimate of drug-likeness (QED) is 0.401. The van der Waals surface area contributed by atoms with Crippen molar-refractivity contribution in [3.05, 3.63) is 111 Å². The standard InChI is InChI=1S/C27H23ClN2O2/c1-3-15-30-25-17-24(32-2)14-11-21(25)16-22(27(30)31)18-29-26(19-7-5-4-6-8-19)20-9-12-23(28)13-10-20/h1,4-14,16-17,26,29H,15,18H2,2H3/t26-/m1/s1. The van der Waals surface area contributed by atoms with Crippen molar-refractivity contribution in [1.29, 1.82) is 0 Å². The van der Waals surface area contributed by atoms with E-state index in [0.717, 1.165) is 22.0 Å². The van der Waals surface area contributed by atoms with Gasteiger partial charge in [-0.1, -0.05) is 60.0 Å². The fraction of sp³-hybridized carbons (Fsp3) is 0.148. The first-order valence-electron chi connectivity index (χ1n) is 10.3. The Balaban J connectivity index is 1.72. The molecule has 4 rings (SSSR count). The van der Waals surface area contributed by atoms with Crippen LogP contribution in [-0.2, 0) is 13.1 Å². The summed E-state index contributed by atoms with van der Waals surface area (Å²) in [5.41, 5.74) is 3.46. The minimum atomic E-state index is -0.112. The molecule has 0 radical (unpaired) electrons. The fourth-order valence-corrected chi connectivity index (χ4v) is 3.98. The summed E-state index contributed by atoms with van der Waals surface area (Å²) in [5, 5.41) is 5.17. The number of ether oxygens (including phenoxy) is 1. The van der Waals surface area contributed by atoms with Crippen molar-refractivity contribution in [3.8, 4) is 18.1 Å². The number of hydrogen-bond acceptors (Lipinski definition) is 3. The van der Waals surface area contributed by atoms with Crippen LogP contribution in [0.5, 0.6) is 5.75 Å². The van der Waals surface area contributed by atoms with Gasteiger partial charge in [0.05, 0.1) is 25.2 Å². The highest BCUT2D eigenvalue weighted by Crippen LogP contribution is 2.25. The minimum absolute atomic E-state index is 0.0967. The molecule has 0 unspecified atom stereocenters. The second-order valence-corrected chi connectivity index (χ2v) is 7.90. The summed E-state index contributed by atoms with van der Waals surface area (Å²) < 4.78 is 6.94. The molecule has 0 aliphatic rings. The highest BCUT2D eigenvalue weighted by atomic mass is 35.5. The largest absolute Gasteiger partial charge is 0.497 e. The van der Waals surface area contributed by atoms with E-state index in [0.29, 0.717) is 22.9 Å². The number of fused-ring (bicyclic) bond motifs is 1. The van der Waals surface area contributed by atoms with Gasteiger partial charge in [-0.2, -0.15) is 0 Å². The molecule has 0 amide bonds. The van der Waals surface area contributed by atoms with Crippen LogP contribution in [0.1, 0.15) is 22.7 Å². The van der Waals surface area contributed by atoms with Gasteiger partial charge in [-0.15, -0.1) is 6.42 Å². The van der Waals surface area contributed by atoms with Gasteiger partial charge in [-0.3, -0.25) is 9.36 Å². The molecule has 160 valence electrons. The third kappa shape index (κ3) is 4.55. The summed E-state index contributed by atoms with van der Waals surface area (Å²) in [5.74, 6) is 3.27. The van der Waals surface area contributed by atoms with Crippen LogP contribution in [-0.4, -0.2) is 11.7 Å². The Kier molecular flexibility index (Phi) is 6.61. The van der Waals surface area contributed by atoms with E-state index in [-0.39, 0.29) is 18.1 Å². The Labute approximate surface area is 192 Å². The highest BCUT2D eigenvalue weighted by Gasteiger charge is 2.16. The number of pyridine rings is 1. The van der Waals surface area contributed by atoms with Crippen molar-refractivity contribution in [3.63, 3.8) is 0 Å². The molecule has 0 saturated carbocycles. The van der Waals surface area contributed by atoms with Crippen LogP contribution in [0.4, 0.5) is 0 Å². The Morgan fingerprint density at radius 1 is 1.03 bits per heavy atom. The topological polar surface area (TPSA) is 43.3 Å². The van der Waals surface area contributed by atoms with Gasteiger partial charge in [0.1, 0.15) is 5.75 Å². The lowest BCUT2D eigenvalue weighted by Gasteiger charge is -2.21. The summed E-state index contributed by atoms with van der Waals surface area (Å²) >= 11 is 6.09. The van der Waals surface area contributed by atoms with Gasteiger partial charge in [0, 0.05) is 23.2 Å². The van der Waals surface area contributed by atoms with E-state index >= 15 is 0 Å². The first-order chi connectivity index (χ1) is 15.6. The molecule has 32 heavy (non-hydrogen) atoms. The number of benzene rings is 3. The molecule has 0 aliphatic heterocycles. The maximum absolute atomic E-state index is 13.3. The van der Waals surface area contributed by atoms with Gasteiger partial charge < -0.3 is 10.1 Å². The summed E-state index contributed by atoms with van der Waals surface area (Å²) in [6.45, 7) is 0.573. The number of hydrogen-bond donors (Lipinski definition) is 1. The van der Waals surface area contributed by atoms with Crippen molar-refractivity contribution < 1.29 is 4.74 Å². The number of rotatable bonds is 7. The zero-order valence-corrected chi connectivity index (χ0v) is 18.5. The molecule has 4 nitrogen and oxygen atoms in total. The number of nitrogens with zero attached hydrogens (tertiary/aromatic N) is 1. The van der Waals surface area contributed by atoms with Gasteiger partial charge in [-0.25, -0.2) is 0 Å². The molecule has 0 fully saturated rings. The molecule has 0 bridgehead atoms. The summed E-state index contributed by atoms with van der Waals surface area (Å²) in [7, 11) is 1.60. The fourth-order valence-electron chi connectivity index (χ4n) is 3.85. The molecule has 1 heterocycles. The number of nitrogens with one attached hydrogen (secondary N) is 1. The SMILES string of the molecule is C#CCn1c(=O)c(CN[C@H](c2ccccc2)c2ccc(Cl)cc2)cc2ccc(OC)cc21. The van der Waals surface area contributed by atoms with Crippen LogP contribution in [0.15, 0.2) is 83.7 Å². The van der Waals surface area contributed by atoms with Gasteiger partial charge in [0.15, 0.2) is 0 Å². The van der Waals surface area contributed by atoms with Crippen LogP contribution in [0, 0.1) is 12.3 Å². The van der Waals surface area contributed by atoms with E-state index in [1.54, 1.807) is 11.7 Å². The lowest BCUT2D eigenvalue weighted by Crippen LogP contribution is -2.29. The van der Waals surface area contributed by atoms with Crippen LogP contribution >= 0.6 is 11.6 Å². The average molecular weight is 443 g/mol. The summed E-state index contributed by atoms with van der Waals surface area (Å²) in [6, 6.07) is 25.3. The Morgan fingerprint density at radius 3 is 2.44 bits per heavy atom. The highest BCUT2D eigenvalue weighted by molar-refractivity contribution is 6.30. The van der Waals surface area contributed by atoms with Crippen LogP contribution in [0.25, 0.3) is 10.9 Å². The average Bonchev–Trinajstić information content (AvgIpc) is 2.83. The lowest BCUT2D eigenvalue weighted by molar-refractivity contribution is 0.415. The van der Waals surface area contributed by atoms with Gasteiger partial charge in [0.25, 0.3) is 5.56 Å². The Bertz CT molecular complexity index is 1320. The number of terminal acetylenes is 1. The summed E-state index contributed by atoms with van der Waals surface area (Å²) in [6.07, 6.45) is 5.56. The maximum Gasteiger partial charge on any atom is 0.256 e. The molecule has 0 spiro atoms. The van der Waals surface area contributed by atoms with Crippen molar-refractivity contribution in [2.24, 2.45) is 0 Å². The molecule has 4 aromatic rings. The minimum Gasteiger partial charge on any atom is -0.497 e. The molecule has 0 aliphatic carbocycles. The molecular weight excluding hydrogens is 420 g/mol. The van der Waals surface area contributed by atoms with Crippen LogP contribution in [0.2, 0.25) is 5.02 Å². The maximum atomic E-state index is 13.3. The van der Waals surface area contributed by atoms with E-state index < -0.39 is 0 Å². The predicted molar refractivity (Wildman–Crippen MR) is 130 cm³/mol.